The lowest BCUT2D eigenvalue weighted by atomic mass is 9.97. The predicted octanol–water partition coefficient (Wildman–Crippen LogP) is 2.00. The lowest BCUT2D eigenvalue weighted by molar-refractivity contribution is -0.117. The Kier molecular flexibility index (Phi) is 5.11. The first kappa shape index (κ1) is 17.8. The summed E-state index contributed by atoms with van der Waals surface area (Å²) in [5.74, 6) is -0.207. The van der Waals surface area contributed by atoms with Crippen molar-refractivity contribution in [1.29, 1.82) is 0 Å². The molecule has 2 aromatic rings. The number of nitrogens with zero attached hydrogens (tertiary/aromatic N) is 1. The number of carbonyl (C=O) groups excluding carboxylic acids is 2. The van der Waals surface area contributed by atoms with Crippen molar-refractivity contribution in [3.05, 3.63) is 52.4 Å². The van der Waals surface area contributed by atoms with Gasteiger partial charge < -0.3 is 20.4 Å². The first-order valence-corrected chi connectivity index (χ1v) is 8.56. The highest BCUT2D eigenvalue weighted by Gasteiger charge is 2.31. The van der Waals surface area contributed by atoms with Crippen LogP contribution in [0.25, 0.3) is 0 Å². The van der Waals surface area contributed by atoms with Gasteiger partial charge in [-0.2, -0.15) is 5.10 Å². The van der Waals surface area contributed by atoms with Crippen LogP contribution in [-0.4, -0.2) is 28.7 Å². The first-order valence-electron chi connectivity index (χ1n) is 8.56. The molecule has 138 valence electrons. The second-order valence-electron chi connectivity index (χ2n) is 6.40. The molecule has 3 heterocycles. The minimum Gasteiger partial charge on any atom is -0.472 e. The minimum absolute atomic E-state index is 0.207. The number of furan rings is 1. The lowest BCUT2D eigenvalue weighted by Crippen LogP contribution is -2.47. The van der Waals surface area contributed by atoms with Crippen LogP contribution in [0.4, 0.5) is 4.79 Å². The van der Waals surface area contributed by atoms with Crippen LogP contribution in [0, 0.1) is 13.8 Å². The van der Waals surface area contributed by atoms with E-state index in [0.29, 0.717) is 17.8 Å². The fraction of sp³-hybridized carbons (Fsp3) is 0.389. The van der Waals surface area contributed by atoms with E-state index in [2.05, 4.69) is 26.1 Å². The fourth-order valence-corrected chi connectivity index (χ4v) is 3.19. The molecule has 0 saturated heterocycles. The molecule has 0 radical (unpaired) electrons. The third-order valence-electron chi connectivity index (χ3n) is 4.56. The Morgan fingerprint density at radius 1 is 1.35 bits per heavy atom. The number of urea groups is 1. The molecule has 0 spiro atoms. The maximum Gasteiger partial charge on any atom is 0.319 e. The molecule has 8 nitrogen and oxygen atoms in total. The Bertz CT molecular complexity index is 816. The highest BCUT2D eigenvalue weighted by Crippen LogP contribution is 2.26. The summed E-state index contributed by atoms with van der Waals surface area (Å²) in [5.41, 5.74) is 5.00. The van der Waals surface area contributed by atoms with Crippen molar-refractivity contribution in [2.75, 3.05) is 6.54 Å². The van der Waals surface area contributed by atoms with Gasteiger partial charge in [0.15, 0.2) is 0 Å². The Morgan fingerprint density at radius 3 is 2.81 bits per heavy atom. The largest absolute Gasteiger partial charge is 0.472 e. The quantitative estimate of drug-likeness (QED) is 0.592. The number of amides is 3. The Morgan fingerprint density at radius 2 is 2.15 bits per heavy atom. The lowest BCUT2D eigenvalue weighted by Gasteiger charge is -2.27. The molecule has 26 heavy (non-hydrogen) atoms. The number of hydrogen-bond acceptors (Lipinski definition) is 4. The van der Waals surface area contributed by atoms with Gasteiger partial charge in [0.2, 0.25) is 0 Å². The van der Waals surface area contributed by atoms with E-state index in [0.717, 1.165) is 29.8 Å². The summed E-state index contributed by atoms with van der Waals surface area (Å²) in [5, 5.41) is 15.5. The van der Waals surface area contributed by atoms with E-state index in [-0.39, 0.29) is 11.9 Å². The number of hydrogen-bond donors (Lipinski definition) is 4. The zero-order chi connectivity index (χ0) is 18.7. The summed E-state index contributed by atoms with van der Waals surface area (Å²) >= 11 is 0. The van der Waals surface area contributed by atoms with E-state index in [1.807, 2.05) is 13.8 Å². The molecule has 3 rings (SSSR count). The van der Waals surface area contributed by atoms with Crippen LogP contribution in [0.3, 0.4) is 0 Å². The summed E-state index contributed by atoms with van der Waals surface area (Å²) in [4.78, 5) is 24.5. The predicted molar refractivity (Wildman–Crippen MR) is 95.2 cm³/mol. The average Bonchev–Trinajstić information content (AvgIpc) is 3.22. The molecule has 0 unspecified atom stereocenters. The summed E-state index contributed by atoms with van der Waals surface area (Å²) in [6.45, 7) is 6.22. The zero-order valence-corrected chi connectivity index (χ0v) is 15.1. The number of aryl methyl sites for hydroxylation is 2. The van der Waals surface area contributed by atoms with Crippen LogP contribution in [0.5, 0.6) is 0 Å². The summed E-state index contributed by atoms with van der Waals surface area (Å²) < 4.78 is 5.09. The van der Waals surface area contributed by atoms with Crippen molar-refractivity contribution >= 4 is 11.9 Å². The van der Waals surface area contributed by atoms with Crippen LogP contribution in [0.15, 0.2) is 34.3 Å². The van der Waals surface area contributed by atoms with Gasteiger partial charge in [-0.3, -0.25) is 9.89 Å². The summed E-state index contributed by atoms with van der Waals surface area (Å²) in [6, 6.07) is 0.874. The smallest absolute Gasteiger partial charge is 0.319 e. The summed E-state index contributed by atoms with van der Waals surface area (Å²) in [7, 11) is 0. The highest BCUT2D eigenvalue weighted by molar-refractivity contribution is 5.98. The normalized spacial score (nSPS) is 17.0. The van der Waals surface area contributed by atoms with Crippen molar-refractivity contribution in [1.82, 2.24) is 26.1 Å². The van der Waals surface area contributed by atoms with E-state index < -0.39 is 6.04 Å². The number of nitrogens with one attached hydrogen (secondary N) is 4. The fourth-order valence-electron chi connectivity index (χ4n) is 3.19. The maximum atomic E-state index is 12.7. The van der Waals surface area contributed by atoms with Gasteiger partial charge >= 0.3 is 6.03 Å². The van der Waals surface area contributed by atoms with Crippen molar-refractivity contribution in [2.45, 2.75) is 39.7 Å². The molecule has 0 aromatic carbocycles. The van der Waals surface area contributed by atoms with E-state index in [1.165, 1.54) is 18.1 Å². The van der Waals surface area contributed by atoms with E-state index in [1.54, 1.807) is 13.0 Å². The molecule has 1 aliphatic heterocycles. The van der Waals surface area contributed by atoms with Gasteiger partial charge in [0.1, 0.15) is 0 Å². The van der Waals surface area contributed by atoms with E-state index in [4.69, 9.17) is 4.42 Å². The van der Waals surface area contributed by atoms with Gasteiger partial charge in [0, 0.05) is 23.5 Å². The highest BCUT2D eigenvalue weighted by atomic mass is 16.3. The average molecular weight is 357 g/mol. The number of aromatic nitrogens is 2. The van der Waals surface area contributed by atoms with Crippen LogP contribution in [-0.2, 0) is 11.2 Å². The Hall–Kier alpha value is -3.03. The number of allylic oxidation sites excluding steroid dienone is 1. The number of rotatable bonds is 6. The molecule has 4 N–H and O–H groups in total. The van der Waals surface area contributed by atoms with Crippen LogP contribution >= 0.6 is 0 Å². The number of aromatic amines is 1. The van der Waals surface area contributed by atoms with Gasteiger partial charge in [0.05, 0.1) is 29.8 Å². The molecular weight excluding hydrogens is 334 g/mol. The molecule has 1 aliphatic rings. The van der Waals surface area contributed by atoms with Gasteiger partial charge in [0.25, 0.3) is 5.91 Å². The molecule has 3 amide bonds. The standard InChI is InChI=1S/C18H23N5O3/c1-10-14(11(2)23-22-10)5-4-7-19-17(24)15-12(3)20-18(25)21-16(15)13-6-8-26-9-13/h6,8-9,16H,4-5,7H2,1-3H3,(H,19,24)(H,22,23)(H2,20,21,25)/t16-/m1/s1. The molecule has 0 bridgehead atoms. The molecule has 0 saturated carbocycles. The van der Waals surface area contributed by atoms with Gasteiger partial charge in [-0.05, 0) is 45.2 Å². The van der Waals surface area contributed by atoms with Crippen molar-refractivity contribution < 1.29 is 14.0 Å². The molecular formula is C18H23N5O3. The molecule has 0 fully saturated rings. The minimum atomic E-state index is -0.527. The van der Waals surface area contributed by atoms with Gasteiger partial charge in [-0.25, -0.2) is 4.79 Å². The maximum absolute atomic E-state index is 12.7. The van der Waals surface area contributed by atoms with Crippen LogP contribution < -0.4 is 16.0 Å². The molecule has 8 heteroatoms. The Labute approximate surface area is 151 Å². The SMILES string of the molecule is CC1=C(C(=O)NCCCc2c(C)n[nH]c2C)[C@@H](c2ccoc2)NC(=O)N1. The van der Waals surface area contributed by atoms with Crippen molar-refractivity contribution in [3.63, 3.8) is 0 Å². The number of H-pyrrole nitrogens is 1. The molecule has 2 aromatic heterocycles. The van der Waals surface area contributed by atoms with Crippen molar-refractivity contribution in [2.24, 2.45) is 0 Å². The number of carbonyl (C=O) groups is 2. The third-order valence-corrected chi connectivity index (χ3v) is 4.56. The molecule has 0 aliphatic carbocycles. The topological polar surface area (TPSA) is 112 Å². The first-order chi connectivity index (χ1) is 12.5. The second kappa shape index (κ2) is 7.47. The Balaban J connectivity index is 1.63. The zero-order valence-electron chi connectivity index (χ0n) is 15.1. The van der Waals surface area contributed by atoms with Crippen LogP contribution in [0.2, 0.25) is 0 Å². The van der Waals surface area contributed by atoms with Gasteiger partial charge in [-0.1, -0.05) is 0 Å². The summed E-state index contributed by atoms with van der Waals surface area (Å²) in [6.07, 6.45) is 4.69. The monoisotopic (exact) mass is 357 g/mol. The third kappa shape index (κ3) is 3.63. The van der Waals surface area contributed by atoms with E-state index >= 15 is 0 Å². The van der Waals surface area contributed by atoms with E-state index in [9.17, 15) is 9.59 Å². The molecule has 1 atom stereocenters. The van der Waals surface area contributed by atoms with Gasteiger partial charge in [-0.15, -0.1) is 0 Å². The van der Waals surface area contributed by atoms with Crippen molar-refractivity contribution in [3.8, 4) is 0 Å². The second-order valence-corrected chi connectivity index (χ2v) is 6.40. The van der Waals surface area contributed by atoms with Crippen LogP contribution in [0.1, 0.15) is 41.9 Å².